The molecule has 4 heteroatoms. The first-order chi connectivity index (χ1) is 9.58. The van der Waals surface area contributed by atoms with Crippen molar-refractivity contribution in [3.8, 4) is 11.5 Å². The second-order valence-electron chi connectivity index (χ2n) is 5.74. The van der Waals surface area contributed by atoms with Crippen LogP contribution in [0.5, 0.6) is 11.5 Å². The van der Waals surface area contributed by atoms with Crippen LogP contribution in [0.25, 0.3) is 0 Å². The van der Waals surface area contributed by atoms with Crippen LogP contribution in [0.4, 0.5) is 0 Å². The van der Waals surface area contributed by atoms with Gasteiger partial charge in [-0.3, -0.25) is 4.79 Å². The number of hydrogen-bond acceptors (Lipinski definition) is 3. The Kier molecular flexibility index (Phi) is 4.88. The van der Waals surface area contributed by atoms with Gasteiger partial charge in [-0.25, -0.2) is 0 Å². The smallest absolute Gasteiger partial charge is 0.255 e. The van der Waals surface area contributed by atoms with Gasteiger partial charge >= 0.3 is 0 Å². The number of para-hydroxylation sites is 1. The second kappa shape index (κ2) is 6.64. The van der Waals surface area contributed by atoms with Gasteiger partial charge in [0.2, 0.25) is 6.79 Å². The van der Waals surface area contributed by atoms with E-state index in [2.05, 4.69) is 19.2 Å². The lowest BCUT2D eigenvalue weighted by Gasteiger charge is -2.15. The van der Waals surface area contributed by atoms with E-state index >= 15 is 0 Å². The molecule has 1 unspecified atom stereocenters. The summed E-state index contributed by atoms with van der Waals surface area (Å²) in [5.74, 6) is 1.81. The fraction of sp³-hybridized carbons (Fsp3) is 0.562. The van der Waals surface area contributed by atoms with E-state index in [4.69, 9.17) is 9.47 Å². The molecule has 1 aliphatic heterocycles. The zero-order chi connectivity index (χ0) is 14.5. The summed E-state index contributed by atoms with van der Waals surface area (Å²) in [7, 11) is 0. The maximum atomic E-state index is 12.3. The van der Waals surface area contributed by atoms with Crippen LogP contribution in [0.15, 0.2) is 18.2 Å². The van der Waals surface area contributed by atoms with E-state index in [1.54, 1.807) is 6.07 Å². The van der Waals surface area contributed by atoms with E-state index in [1.165, 1.54) is 6.42 Å². The van der Waals surface area contributed by atoms with Crippen molar-refractivity contribution in [2.75, 3.05) is 6.79 Å². The zero-order valence-electron chi connectivity index (χ0n) is 12.4. The van der Waals surface area contributed by atoms with Crippen molar-refractivity contribution in [3.63, 3.8) is 0 Å². The number of carbonyl (C=O) groups is 1. The molecular weight excluding hydrogens is 254 g/mol. The van der Waals surface area contributed by atoms with Gasteiger partial charge in [0.25, 0.3) is 5.91 Å². The van der Waals surface area contributed by atoms with Crippen LogP contribution in [-0.2, 0) is 0 Å². The number of carbonyl (C=O) groups excluding carboxylic acids is 1. The molecule has 0 spiro atoms. The standard InChI is InChI=1S/C16H23NO3/c1-11(2)6-4-7-12(3)17-16(18)13-8-5-9-14-15(13)20-10-19-14/h5,8-9,11-12H,4,6-7,10H2,1-3H3,(H,17,18). The van der Waals surface area contributed by atoms with E-state index in [9.17, 15) is 4.79 Å². The Morgan fingerprint density at radius 1 is 1.25 bits per heavy atom. The van der Waals surface area contributed by atoms with Gasteiger partial charge in [-0.1, -0.05) is 32.8 Å². The van der Waals surface area contributed by atoms with Crippen molar-refractivity contribution < 1.29 is 14.3 Å². The van der Waals surface area contributed by atoms with Gasteiger partial charge in [-0.15, -0.1) is 0 Å². The van der Waals surface area contributed by atoms with E-state index in [1.807, 2.05) is 19.1 Å². The molecule has 1 heterocycles. The number of ether oxygens (including phenoxy) is 2. The van der Waals surface area contributed by atoms with Gasteiger partial charge in [-0.2, -0.15) is 0 Å². The molecule has 0 aliphatic carbocycles. The van der Waals surface area contributed by atoms with Gasteiger partial charge in [-0.05, 0) is 31.4 Å². The third kappa shape index (κ3) is 3.65. The monoisotopic (exact) mass is 277 g/mol. The van der Waals surface area contributed by atoms with Crippen molar-refractivity contribution >= 4 is 5.91 Å². The fourth-order valence-corrected chi connectivity index (χ4v) is 2.32. The lowest BCUT2D eigenvalue weighted by molar-refractivity contribution is 0.0933. The molecule has 1 atom stereocenters. The van der Waals surface area contributed by atoms with Crippen LogP contribution in [-0.4, -0.2) is 18.7 Å². The highest BCUT2D eigenvalue weighted by molar-refractivity contribution is 5.98. The highest BCUT2D eigenvalue weighted by atomic mass is 16.7. The summed E-state index contributed by atoms with van der Waals surface area (Å²) in [6.45, 7) is 6.66. The minimum absolute atomic E-state index is 0.0932. The Hall–Kier alpha value is -1.71. The second-order valence-corrected chi connectivity index (χ2v) is 5.74. The molecule has 0 bridgehead atoms. The summed E-state index contributed by atoms with van der Waals surface area (Å²) in [6.07, 6.45) is 3.32. The van der Waals surface area contributed by atoms with Crippen LogP contribution >= 0.6 is 0 Å². The van der Waals surface area contributed by atoms with Crippen LogP contribution in [0.2, 0.25) is 0 Å². The number of amides is 1. The quantitative estimate of drug-likeness (QED) is 0.867. The van der Waals surface area contributed by atoms with E-state index in [0.717, 1.165) is 12.8 Å². The molecule has 1 aliphatic rings. The molecule has 0 saturated carbocycles. The third-order valence-electron chi connectivity index (χ3n) is 3.44. The molecule has 1 aromatic carbocycles. The van der Waals surface area contributed by atoms with Crippen LogP contribution < -0.4 is 14.8 Å². The predicted octanol–water partition coefficient (Wildman–Crippen LogP) is 3.36. The Labute approximate surface area is 120 Å². The summed E-state index contributed by atoms with van der Waals surface area (Å²) in [4.78, 5) is 12.3. The topological polar surface area (TPSA) is 47.6 Å². The van der Waals surface area contributed by atoms with Gasteiger partial charge in [0.1, 0.15) is 0 Å². The Bertz CT molecular complexity index is 471. The normalized spacial score (nSPS) is 14.4. The molecule has 2 rings (SSSR count). The summed E-state index contributed by atoms with van der Waals surface area (Å²) in [5.41, 5.74) is 0.552. The van der Waals surface area contributed by atoms with E-state index in [0.29, 0.717) is 23.0 Å². The van der Waals surface area contributed by atoms with Crippen LogP contribution in [0.1, 0.15) is 50.4 Å². The lowest BCUT2D eigenvalue weighted by Crippen LogP contribution is -2.32. The highest BCUT2D eigenvalue weighted by Crippen LogP contribution is 2.35. The van der Waals surface area contributed by atoms with Crippen molar-refractivity contribution in [1.82, 2.24) is 5.32 Å². The molecule has 1 aromatic rings. The van der Waals surface area contributed by atoms with Crippen molar-refractivity contribution in [2.45, 2.75) is 46.1 Å². The van der Waals surface area contributed by atoms with Crippen LogP contribution in [0, 0.1) is 5.92 Å². The highest BCUT2D eigenvalue weighted by Gasteiger charge is 2.22. The van der Waals surface area contributed by atoms with Gasteiger partial charge in [0.05, 0.1) is 5.56 Å². The van der Waals surface area contributed by atoms with Gasteiger partial charge < -0.3 is 14.8 Å². The number of benzene rings is 1. The maximum Gasteiger partial charge on any atom is 0.255 e. The summed E-state index contributed by atoms with van der Waals surface area (Å²) < 4.78 is 10.6. The Morgan fingerprint density at radius 2 is 2.05 bits per heavy atom. The molecule has 1 amide bonds. The number of fused-ring (bicyclic) bond motifs is 1. The number of nitrogens with one attached hydrogen (secondary N) is 1. The Morgan fingerprint density at radius 3 is 2.80 bits per heavy atom. The average Bonchev–Trinajstić information content (AvgIpc) is 2.85. The summed E-state index contributed by atoms with van der Waals surface area (Å²) in [5, 5.41) is 3.03. The van der Waals surface area contributed by atoms with Crippen LogP contribution in [0.3, 0.4) is 0 Å². The SMILES string of the molecule is CC(C)CCCC(C)NC(=O)c1cccc2c1OCO2. The minimum atomic E-state index is -0.0932. The Balaban J connectivity index is 1.90. The fourth-order valence-electron chi connectivity index (χ4n) is 2.32. The summed E-state index contributed by atoms with van der Waals surface area (Å²) in [6, 6.07) is 5.56. The van der Waals surface area contributed by atoms with Gasteiger partial charge in [0.15, 0.2) is 11.5 Å². The largest absolute Gasteiger partial charge is 0.454 e. The van der Waals surface area contributed by atoms with Crippen molar-refractivity contribution in [2.24, 2.45) is 5.92 Å². The lowest BCUT2D eigenvalue weighted by atomic mass is 10.0. The molecule has 0 radical (unpaired) electrons. The number of rotatable bonds is 6. The third-order valence-corrected chi connectivity index (χ3v) is 3.44. The molecule has 1 N–H and O–H groups in total. The van der Waals surface area contributed by atoms with Gasteiger partial charge in [0, 0.05) is 6.04 Å². The maximum absolute atomic E-state index is 12.3. The molecular formula is C16H23NO3. The first kappa shape index (κ1) is 14.7. The first-order valence-electron chi connectivity index (χ1n) is 7.27. The molecule has 0 fully saturated rings. The van der Waals surface area contributed by atoms with Crippen molar-refractivity contribution in [1.29, 1.82) is 0 Å². The summed E-state index contributed by atoms with van der Waals surface area (Å²) >= 11 is 0. The molecule has 0 aromatic heterocycles. The average molecular weight is 277 g/mol. The molecule has 0 saturated heterocycles. The molecule has 110 valence electrons. The predicted molar refractivity (Wildman–Crippen MR) is 78.2 cm³/mol. The molecule has 4 nitrogen and oxygen atoms in total. The molecule has 20 heavy (non-hydrogen) atoms. The zero-order valence-corrected chi connectivity index (χ0v) is 12.4. The van der Waals surface area contributed by atoms with E-state index < -0.39 is 0 Å². The number of hydrogen-bond donors (Lipinski definition) is 1. The first-order valence-corrected chi connectivity index (χ1v) is 7.27. The van der Waals surface area contributed by atoms with E-state index in [-0.39, 0.29) is 18.7 Å². The minimum Gasteiger partial charge on any atom is -0.454 e. The van der Waals surface area contributed by atoms with Crippen molar-refractivity contribution in [3.05, 3.63) is 23.8 Å².